The second-order valence-corrected chi connectivity index (χ2v) is 30.0. The quantitative estimate of drug-likeness (QED) is 0.118. The highest BCUT2D eigenvalue weighted by molar-refractivity contribution is 5.93. The smallest absolute Gasteiger partial charge is 0.340 e. The van der Waals surface area contributed by atoms with Gasteiger partial charge in [-0.3, -0.25) is 14.6 Å². The van der Waals surface area contributed by atoms with Crippen molar-refractivity contribution in [3.8, 4) is 0 Å². The van der Waals surface area contributed by atoms with Crippen LogP contribution < -0.4 is 0 Å². The lowest BCUT2D eigenvalue weighted by Gasteiger charge is -2.47. The molecule has 6 rings (SSSR count). The molecule has 2 aromatic rings. The van der Waals surface area contributed by atoms with E-state index < -0.39 is 150 Å². The molecule has 0 bridgehead atoms. The van der Waals surface area contributed by atoms with Crippen molar-refractivity contribution in [1.29, 1.82) is 0 Å². The monoisotopic (exact) mass is 1340 g/mol. The molecule has 1 aromatic carbocycles. The standard InChI is InChI=1S/C40H63N3O10.C30H58N2O9/c1-12-31-40(8,49)34(45)26(6)43(11)21-22(2)19-39(7,48)35(24(4)32(44)25(5)36(46)51-31)53-38-33(30(42(9)10)17-23(3)50-38)52-37(47)28-18-27-15-13-14-16-29(27)41-20-28;1-12-22-30(8,38)25(35)20(6)32(11)15-16(2)14-29(7,37)26(18(4)23(33)19(5)27(36)40-22)41-28-24(34)21(31(9)10)13-17(3)39-28/h13-16,18,20,22-26,30-35,38,44-45,48-49H,12,17,19,21H2,1-11H3;16-26,28,33-35,37-38H,12-15H2,1-11H3/t22-,23-,24+,25-,26-,30+,31-,32+,33-,34-,35-,38+,39-,40-;16-,17-,18+,19-,20-,21+,22-,23+,24-,25-,26-,28+,29-,30-/m11/s1. The van der Waals surface area contributed by atoms with E-state index in [1.165, 1.54) is 33.9 Å². The van der Waals surface area contributed by atoms with Gasteiger partial charge in [-0.15, -0.1) is 0 Å². The van der Waals surface area contributed by atoms with Crippen LogP contribution in [0.3, 0.4) is 0 Å². The fourth-order valence-electron chi connectivity index (χ4n) is 15.0. The Hall–Kier alpha value is -3.64. The Morgan fingerprint density at radius 2 is 1.02 bits per heavy atom. The zero-order valence-corrected chi connectivity index (χ0v) is 60.3. The maximum Gasteiger partial charge on any atom is 0.340 e. The summed E-state index contributed by atoms with van der Waals surface area (Å²) >= 11 is 0. The summed E-state index contributed by atoms with van der Waals surface area (Å²) in [6.45, 7) is 28.3. The number of carbonyl (C=O) groups is 3. The molecule has 0 saturated carbocycles. The van der Waals surface area contributed by atoms with Crippen LogP contribution in [0.4, 0.5) is 0 Å². The molecule has 540 valence electrons. The number of likely N-dealkylation sites (N-methyl/N-ethyl adjacent to an activating group) is 4. The van der Waals surface area contributed by atoms with E-state index in [0.717, 1.165) is 10.9 Å². The molecule has 4 saturated heterocycles. The highest BCUT2D eigenvalue weighted by Gasteiger charge is 2.53. The van der Waals surface area contributed by atoms with E-state index in [2.05, 4.69) is 4.98 Å². The Balaban J connectivity index is 0.000000353. The largest absolute Gasteiger partial charge is 0.459 e. The lowest BCUT2D eigenvalue weighted by molar-refractivity contribution is -0.299. The molecule has 94 heavy (non-hydrogen) atoms. The number of carbonyl (C=O) groups excluding carboxylic acids is 3. The van der Waals surface area contributed by atoms with Gasteiger partial charge in [-0.05, 0) is 174 Å². The first-order chi connectivity index (χ1) is 43.4. The second kappa shape index (κ2) is 33.5. The summed E-state index contributed by atoms with van der Waals surface area (Å²) in [4.78, 5) is 52.7. The van der Waals surface area contributed by atoms with Crippen LogP contribution in [-0.2, 0) is 42.7 Å². The topological polar surface area (TPSA) is 324 Å². The van der Waals surface area contributed by atoms with Crippen LogP contribution in [0.15, 0.2) is 36.5 Å². The van der Waals surface area contributed by atoms with Gasteiger partial charge in [0.1, 0.15) is 41.7 Å². The molecule has 24 heteroatoms. The Morgan fingerprint density at radius 1 is 0.617 bits per heavy atom. The summed E-state index contributed by atoms with van der Waals surface area (Å²) in [5.41, 5.74) is -5.63. The number of ether oxygens (including phenoxy) is 7. The van der Waals surface area contributed by atoms with E-state index in [1.54, 1.807) is 61.5 Å². The normalized spacial score (nSPS) is 43.6. The number of hydrogen-bond acceptors (Lipinski definition) is 24. The molecule has 1 aromatic heterocycles. The van der Waals surface area contributed by atoms with Crippen molar-refractivity contribution < 1.29 is 93.5 Å². The average Bonchev–Trinajstić information content (AvgIpc) is 1.09. The van der Waals surface area contributed by atoms with Gasteiger partial charge in [0.05, 0.1) is 76.8 Å². The fourth-order valence-corrected chi connectivity index (χ4v) is 15.0. The highest BCUT2D eigenvalue weighted by Crippen LogP contribution is 2.40. The number of para-hydroxylation sites is 1. The Kier molecular flexibility index (Phi) is 28.9. The van der Waals surface area contributed by atoms with Gasteiger partial charge in [0.2, 0.25) is 0 Å². The van der Waals surface area contributed by atoms with Crippen molar-refractivity contribution in [3.05, 3.63) is 42.1 Å². The van der Waals surface area contributed by atoms with E-state index in [-0.39, 0.29) is 67.4 Å². The molecule has 5 heterocycles. The summed E-state index contributed by atoms with van der Waals surface area (Å²) in [5, 5.41) is 105. The predicted octanol–water partition coefficient (Wildman–Crippen LogP) is 4.36. The molecule has 0 amide bonds. The number of cyclic esters (lactones) is 2. The van der Waals surface area contributed by atoms with Gasteiger partial charge >= 0.3 is 17.9 Å². The zero-order chi connectivity index (χ0) is 71.2. The molecule has 0 unspecified atom stereocenters. The number of aromatic nitrogens is 1. The summed E-state index contributed by atoms with van der Waals surface area (Å²) < 4.78 is 43.2. The minimum absolute atomic E-state index is 0.0990. The second-order valence-electron chi connectivity index (χ2n) is 30.0. The summed E-state index contributed by atoms with van der Waals surface area (Å²) in [6.07, 6.45) is -10.6. The van der Waals surface area contributed by atoms with Crippen molar-refractivity contribution in [2.75, 3.05) is 55.4 Å². The van der Waals surface area contributed by atoms with E-state index in [1.807, 2.05) is 114 Å². The third-order valence-electron chi connectivity index (χ3n) is 21.0. The Bertz CT molecular complexity index is 2720. The molecule has 9 N–H and O–H groups in total. The van der Waals surface area contributed by atoms with Crippen LogP contribution in [0.5, 0.6) is 0 Å². The number of pyridine rings is 1. The van der Waals surface area contributed by atoms with Gasteiger partial charge in [-0.2, -0.15) is 0 Å². The Morgan fingerprint density at radius 3 is 1.45 bits per heavy atom. The van der Waals surface area contributed by atoms with Gasteiger partial charge in [0.15, 0.2) is 18.7 Å². The first-order valence-corrected chi connectivity index (χ1v) is 34.1. The van der Waals surface area contributed by atoms with E-state index >= 15 is 0 Å². The first kappa shape index (κ1) is 81.0. The van der Waals surface area contributed by atoms with Crippen LogP contribution in [0.25, 0.3) is 10.9 Å². The number of nitrogens with zero attached hydrogens (tertiary/aromatic N) is 5. The third kappa shape index (κ3) is 19.4. The predicted molar refractivity (Wildman–Crippen MR) is 355 cm³/mol. The van der Waals surface area contributed by atoms with Gasteiger partial charge in [0.25, 0.3) is 0 Å². The van der Waals surface area contributed by atoms with Gasteiger partial charge in [0, 0.05) is 54.6 Å². The van der Waals surface area contributed by atoms with Crippen molar-refractivity contribution in [3.63, 3.8) is 0 Å². The molecule has 24 nitrogen and oxygen atoms in total. The summed E-state index contributed by atoms with van der Waals surface area (Å²) in [7, 11) is 11.2. The molecule has 0 spiro atoms. The van der Waals surface area contributed by atoms with Crippen LogP contribution in [0.1, 0.15) is 160 Å². The lowest BCUT2D eigenvalue weighted by Crippen LogP contribution is -2.60. The van der Waals surface area contributed by atoms with Crippen molar-refractivity contribution in [2.24, 2.45) is 35.5 Å². The van der Waals surface area contributed by atoms with Crippen molar-refractivity contribution >= 4 is 28.8 Å². The molecule has 4 aliphatic heterocycles. The van der Waals surface area contributed by atoms with Gasteiger partial charge < -0.3 is 98.7 Å². The number of hydrogen-bond donors (Lipinski definition) is 9. The number of fused-ring (bicyclic) bond motifs is 1. The average molecular weight is 1340 g/mol. The number of aliphatic hydroxyl groups is 9. The zero-order valence-electron chi connectivity index (χ0n) is 60.3. The maximum atomic E-state index is 13.8. The molecule has 0 radical (unpaired) electrons. The fraction of sp³-hybridized carbons (Fsp3) is 0.829. The lowest BCUT2D eigenvalue weighted by atomic mass is 9.78. The van der Waals surface area contributed by atoms with Crippen molar-refractivity contribution in [2.45, 2.75) is 282 Å². The van der Waals surface area contributed by atoms with Crippen molar-refractivity contribution in [1.82, 2.24) is 24.6 Å². The molecular weight excluding hydrogens is 1210 g/mol. The molecule has 28 atom stereocenters. The summed E-state index contributed by atoms with van der Waals surface area (Å²) in [6, 6.07) is 7.58. The number of esters is 3. The molecule has 4 fully saturated rings. The number of aliphatic hydroxyl groups excluding tert-OH is 5. The van der Waals surface area contributed by atoms with E-state index in [0.29, 0.717) is 25.9 Å². The third-order valence-corrected chi connectivity index (χ3v) is 21.0. The van der Waals surface area contributed by atoms with Crippen LogP contribution in [-0.4, -0.2) is 276 Å². The minimum Gasteiger partial charge on any atom is -0.459 e. The SMILES string of the molecule is CC[C@H]1OC(=O)[C@H](C)[C@@H](O)[C@H](C)[C@@H](O[C@@H]2O[C@H](C)C[C@H](N(C)C)[C@H]2O)[C@](C)(O)C[C@@H](C)CN(C)[C@H](C)[C@@H](O)[C@]1(C)O.CC[C@H]1OC(=O)[C@H](C)[C@@H](O)[C@H](C)[C@@H](O[C@@H]2O[C@H](C)C[C@H](N(C)C)[C@H]2OC(=O)c2cnc3ccccc3c2)[C@](C)(O)C[C@@H](C)CN(C)[C@H](C)[C@@H](O)[C@]1(C)O. The molecule has 4 aliphatic rings. The minimum atomic E-state index is -1.79. The summed E-state index contributed by atoms with van der Waals surface area (Å²) in [5.74, 6) is -6.17. The van der Waals surface area contributed by atoms with Crippen LogP contribution >= 0.6 is 0 Å². The van der Waals surface area contributed by atoms with E-state index in [4.69, 9.17) is 33.2 Å². The maximum absolute atomic E-state index is 13.8. The number of benzene rings is 1. The first-order valence-electron chi connectivity index (χ1n) is 34.1. The molecular formula is C70H121N5O19. The van der Waals surface area contributed by atoms with Crippen LogP contribution in [0.2, 0.25) is 0 Å². The van der Waals surface area contributed by atoms with Crippen LogP contribution in [0, 0.1) is 35.5 Å². The van der Waals surface area contributed by atoms with Gasteiger partial charge in [-0.25, -0.2) is 4.79 Å². The van der Waals surface area contributed by atoms with E-state index in [9.17, 15) is 60.3 Å². The number of rotatable bonds is 10. The van der Waals surface area contributed by atoms with Gasteiger partial charge in [-0.1, -0.05) is 59.7 Å². The highest BCUT2D eigenvalue weighted by atomic mass is 16.7. The Labute approximate surface area is 559 Å². The molecule has 0 aliphatic carbocycles.